The van der Waals surface area contributed by atoms with E-state index in [-0.39, 0.29) is 5.96 Å². The molecule has 5 nitrogen and oxygen atoms in total. The predicted octanol–water partition coefficient (Wildman–Crippen LogP) is 6.15. The van der Waals surface area contributed by atoms with E-state index in [1.807, 2.05) is 19.1 Å². The highest BCUT2D eigenvalue weighted by Gasteiger charge is 2.13. The molecule has 0 atom stereocenters. The van der Waals surface area contributed by atoms with Gasteiger partial charge >= 0.3 is 0 Å². The summed E-state index contributed by atoms with van der Waals surface area (Å²) < 4.78 is 0. The normalized spacial score (nSPS) is 11.2. The Kier molecular flexibility index (Phi) is 5.69. The van der Waals surface area contributed by atoms with Crippen molar-refractivity contribution in [1.29, 1.82) is 0 Å². The molecule has 0 spiro atoms. The minimum Gasteiger partial charge on any atom is -0.370 e. The highest BCUT2D eigenvalue weighted by Crippen LogP contribution is 2.35. The summed E-state index contributed by atoms with van der Waals surface area (Å²) in [6.07, 6.45) is 0.671. The van der Waals surface area contributed by atoms with E-state index in [2.05, 4.69) is 33.5 Å². The summed E-state index contributed by atoms with van der Waals surface area (Å²) in [6, 6.07) is 13.7. The molecule has 4 rings (SSSR count). The van der Waals surface area contributed by atoms with Crippen LogP contribution < -0.4 is 16.8 Å². The van der Waals surface area contributed by atoms with Gasteiger partial charge in [0.15, 0.2) is 5.96 Å². The first-order valence-electron chi connectivity index (χ1n) is 9.34. The van der Waals surface area contributed by atoms with Crippen molar-refractivity contribution in [1.82, 2.24) is 4.98 Å². The summed E-state index contributed by atoms with van der Waals surface area (Å²) in [5, 5.41) is 7.35. The highest BCUT2D eigenvalue weighted by molar-refractivity contribution is 6.42. The zero-order chi connectivity index (χ0) is 21.4. The van der Waals surface area contributed by atoms with E-state index < -0.39 is 0 Å². The average Bonchev–Trinajstić information content (AvgIpc) is 3.02. The molecule has 0 aliphatic heterocycles. The number of aromatic nitrogens is 1. The Morgan fingerprint density at radius 3 is 2.47 bits per heavy atom. The van der Waals surface area contributed by atoms with Gasteiger partial charge < -0.3 is 21.8 Å². The maximum absolute atomic E-state index is 6.34. The van der Waals surface area contributed by atoms with Gasteiger partial charge in [0.2, 0.25) is 0 Å². The zero-order valence-electron chi connectivity index (χ0n) is 16.2. The van der Waals surface area contributed by atoms with E-state index in [9.17, 15) is 0 Å². The van der Waals surface area contributed by atoms with Crippen molar-refractivity contribution in [2.45, 2.75) is 13.3 Å². The van der Waals surface area contributed by atoms with Gasteiger partial charge in [-0.1, -0.05) is 34.8 Å². The van der Waals surface area contributed by atoms with Crippen LogP contribution in [0.2, 0.25) is 15.1 Å². The maximum atomic E-state index is 6.34. The summed E-state index contributed by atoms with van der Waals surface area (Å²) in [6.45, 7) is 2.49. The topological polar surface area (TPSA) is 92.2 Å². The second kappa shape index (κ2) is 8.26. The molecule has 1 aromatic heterocycles. The van der Waals surface area contributed by atoms with Crippen LogP contribution in [0.5, 0.6) is 0 Å². The third-order valence-electron chi connectivity index (χ3n) is 4.95. The van der Waals surface area contributed by atoms with Crippen molar-refractivity contribution in [3.63, 3.8) is 0 Å². The average molecular weight is 461 g/mol. The van der Waals surface area contributed by atoms with Gasteiger partial charge in [-0.15, -0.1) is 0 Å². The quantitative estimate of drug-likeness (QED) is 0.212. The van der Waals surface area contributed by atoms with Gasteiger partial charge in [0.1, 0.15) is 0 Å². The summed E-state index contributed by atoms with van der Waals surface area (Å²) in [4.78, 5) is 7.63. The number of rotatable bonds is 5. The van der Waals surface area contributed by atoms with Crippen molar-refractivity contribution in [2.24, 2.45) is 16.5 Å². The Morgan fingerprint density at radius 2 is 1.73 bits per heavy atom. The molecule has 0 saturated carbocycles. The number of nitrogens with zero attached hydrogens (tertiary/aromatic N) is 1. The van der Waals surface area contributed by atoms with E-state index in [4.69, 9.17) is 46.3 Å². The van der Waals surface area contributed by atoms with E-state index in [0.717, 1.165) is 49.3 Å². The molecule has 0 unspecified atom stereocenters. The monoisotopic (exact) mass is 459 g/mol. The summed E-state index contributed by atoms with van der Waals surface area (Å²) >= 11 is 18.5. The molecular formula is C22H20Cl3N5. The Morgan fingerprint density at radius 1 is 0.933 bits per heavy atom. The number of anilines is 2. The Balaban J connectivity index is 1.85. The fourth-order valence-electron chi connectivity index (χ4n) is 3.52. The van der Waals surface area contributed by atoms with Gasteiger partial charge in [-0.2, -0.15) is 0 Å². The minimum atomic E-state index is 0.0791. The molecule has 8 heteroatoms. The Hall–Kier alpha value is -2.60. The van der Waals surface area contributed by atoms with Crippen molar-refractivity contribution < 1.29 is 0 Å². The van der Waals surface area contributed by atoms with Crippen molar-refractivity contribution in [3.8, 4) is 0 Å². The highest BCUT2D eigenvalue weighted by atomic mass is 35.5. The van der Waals surface area contributed by atoms with Crippen molar-refractivity contribution >= 4 is 73.9 Å². The Labute approximate surface area is 189 Å². The minimum absolute atomic E-state index is 0.0791. The van der Waals surface area contributed by atoms with Crippen LogP contribution in [0.1, 0.15) is 11.1 Å². The molecule has 154 valence electrons. The number of nitrogens with one attached hydrogen (secondary N) is 2. The lowest BCUT2D eigenvalue weighted by Crippen LogP contribution is -2.23. The van der Waals surface area contributed by atoms with Crippen LogP contribution in [0.25, 0.3) is 21.8 Å². The third-order valence-corrected chi connectivity index (χ3v) is 6.10. The van der Waals surface area contributed by atoms with Crippen LogP contribution >= 0.6 is 34.8 Å². The molecule has 0 aliphatic rings. The SMILES string of the molecule is Cc1cc2c(cc1Cl)[nH]c1c(CCN=C(N)N)cc(Nc3ccc(Cl)c(Cl)c3)cc12. The number of aliphatic imine (C=N–C) groups is 1. The lowest BCUT2D eigenvalue weighted by Gasteiger charge is -2.11. The largest absolute Gasteiger partial charge is 0.370 e. The van der Waals surface area contributed by atoms with Gasteiger partial charge in [-0.05, 0) is 66.9 Å². The van der Waals surface area contributed by atoms with Gasteiger partial charge in [0, 0.05) is 44.7 Å². The standard InChI is InChI=1S/C22H20Cl3N5/c1-11-6-15-16-8-14(29-13-2-3-17(23)19(25)9-13)7-12(4-5-28-22(26)27)21(16)30-20(15)10-18(11)24/h2-3,6-10,29-30H,4-5H2,1H3,(H4,26,27,28). The first-order chi connectivity index (χ1) is 14.3. The summed E-state index contributed by atoms with van der Waals surface area (Å²) in [7, 11) is 0. The number of hydrogen-bond acceptors (Lipinski definition) is 2. The van der Waals surface area contributed by atoms with Crippen molar-refractivity contribution in [3.05, 3.63) is 68.7 Å². The maximum Gasteiger partial charge on any atom is 0.185 e. The van der Waals surface area contributed by atoms with Crippen LogP contribution in [-0.2, 0) is 6.42 Å². The van der Waals surface area contributed by atoms with Crippen LogP contribution in [0.4, 0.5) is 11.4 Å². The lowest BCUT2D eigenvalue weighted by molar-refractivity contribution is 0.968. The predicted molar refractivity (Wildman–Crippen MR) is 130 cm³/mol. The molecule has 0 radical (unpaired) electrons. The van der Waals surface area contributed by atoms with Crippen LogP contribution in [0, 0.1) is 6.92 Å². The molecule has 4 aromatic rings. The zero-order valence-corrected chi connectivity index (χ0v) is 18.5. The summed E-state index contributed by atoms with van der Waals surface area (Å²) in [5.74, 6) is 0.0791. The second-order valence-electron chi connectivity index (χ2n) is 7.14. The van der Waals surface area contributed by atoms with E-state index in [1.54, 1.807) is 12.1 Å². The molecule has 0 fully saturated rings. The van der Waals surface area contributed by atoms with Gasteiger partial charge in [0.25, 0.3) is 0 Å². The number of halogens is 3. The number of hydrogen-bond donors (Lipinski definition) is 4. The first-order valence-corrected chi connectivity index (χ1v) is 10.5. The number of H-pyrrole nitrogens is 1. The third kappa shape index (κ3) is 4.15. The van der Waals surface area contributed by atoms with E-state index in [1.165, 1.54) is 0 Å². The summed E-state index contributed by atoms with van der Waals surface area (Å²) in [5.41, 5.74) is 16.9. The fourth-order valence-corrected chi connectivity index (χ4v) is 3.98. The lowest BCUT2D eigenvalue weighted by atomic mass is 10.0. The van der Waals surface area contributed by atoms with E-state index >= 15 is 0 Å². The number of guanidine groups is 1. The van der Waals surface area contributed by atoms with Gasteiger partial charge in [-0.25, -0.2) is 0 Å². The molecule has 0 amide bonds. The van der Waals surface area contributed by atoms with E-state index in [0.29, 0.717) is 23.0 Å². The number of aryl methyl sites for hydroxylation is 1. The van der Waals surface area contributed by atoms with Gasteiger partial charge in [0.05, 0.1) is 10.0 Å². The Bertz CT molecular complexity index is 1290. The van der Waals surface area contributed by atoms with Crippen LogP contribution in [0.15, 0.2) is 47.5 Å². The molecule has 0 aliphatic carbocycles. The van der Waals surface area contributed by atoms with Crippen molar-refractivity contribution in [2.75, 3.05) is 11.9 Å². The van der Waals surface area contributed by atoms with Gasteiger partial charge in [-0.3, -0.25) is 4.99 Å². The molecule has 0 bridgehead atoms. The fraction of sp³-hybridized carbons (Fsp3) is 0.136. The molecular weight excluding hydrogens is 441 g/mol. The molecule has 1 heterocycles. The number of fused-ring (bicyclic) bond motifs is 3. The van der Waals surface area contributed by atoms with Crippen LogP contribution in [0.3, 0.4) is 0 Å². The second-order valence-corrected chi connectivity index (χ2v) is 8.36. The first kappa shape index (κ1) is 20.7. The molecule has 6 N–H and O–H groups in total. The number of aromatic amines is 1. The number of nitrogens with two attached hydrogens (primary N) is 2. The van der Waals surface area contributed by atoms with Crippen LogP contribution in [-0.4, -0.2) is 17.5 Å². The smallest absolute Gasteiger partial charge is 0.185 e. The number of benzene rings is 3. The molecule has 0 saturated heterocycles. The molecule has 3 aromatic carbocycles. The molecule has 30 heavy (non-hydrogen) atoms.